The maximum atomic E-state index is 9.77. The highest BCUT2D eigenvalue weighted by atomic mass is 16.3. The van der Waals surface area contributed by atoms with Gasteiger partial charge in [-0.05, 0) is 23.5 Å². The first-order valence-corrected chi connectivity index (χ1v) is 2.36. The first-order valence-electron chi connectivity index (χ1n) is 2.36. The Labute approximate surface area is 47.1 Å². The van der Waals surface area contributed by atoms with E-state index in [2.05, 4.69) is 10.5 Å². The van der Waals surface area contributed by atoms with E-state index >= 15 is 0 Å². The van der Waals surface area contributed by atoms with Crippen LogP contribution < -0.4 is 5.32 Å². The molecule has 0 aromatic heterocycles. The molecular formula is C5H6N2O. The van der Waals surface area contributed by atoms with Crippen LogP contribution in [0.1, 0.15) is 0 Å². The second-order valence-electron chi connectivity index (χ2n) is 1.49. The number of nitrogens with zero attached hydrogens (tertiary/aromatic N) is 1. The number of nitroso groups, excluding NO2 is 1. The highest BCUT2D eigenvalue weighted by Gasteiger charge is 1.94. The van der Waals surface area contributed by atoms with Crippen molar-refractivity contribution in [3.8, 4) is 0 Å². The zero-order chi connectivity index (χ0) is 5.82. The standard InChI is InChI=1S/C5H6N2O/c8-7-5-2-1-3-6-4-5/h1-3,6H,4H2. The molecule has 1 aliphatic rings. The van der Waals surface area contributed by atoms with Crippen molar-refractivity contribution in [3.63, 3.8) is 0 Å². The molecule has 8 heavy (non-hydrogen) atoms. The summed E-state index contributed by atoms with van der Waals surface area (Å²) in [6, 6.07) is 0. The number of allylic oxidation sites excluding steroid dienone is 2. The highest BCUT2D eigenvalue weighted by molar-refractivity contribution is 5.16. The van der Waals surface area contributed by atoms with Crippen LogP contribution in [0.5, 0.6) is 0 Å². The first-order chi connectivity index (χ1) is 3.93. The summed E-state index contributed by atoms with van der Waals surface area (Å²) in [5, 5.41) is 5.59. The zero-order valence-electron chi connectivity index (χ0n) is 4.29. The molecule has 42 valence electrons. The third-order valence-corrected chi connectivity index (χ3v) is 0.903. The molecule has 0 atom stereocenters. The average Bonchev–Trinajstić information content (AvgIpc) is 1.90. The molecule has 3 heteroatoms. The lowest BCUT2D eigenvalue weighted by Gasteiger charge is -2.00. The van der Waals surface area contributed by atoms with Gasteiger partial charge in [-0.25, -0.2) is 0 Å². The quantitative estimate of drug-likeness (QED) is 0.506. The minimum absolute atomic E-state index is 0.549. The summed E-state index contributed by atoms with van der Waals surface area (Å²) in [6.07, 6.45) is 5.21. The summed E-state index contributed by atoms with van der Waals surface area (Å²) < 4.78 is 0. The molecule has 0 radical (unpaired) electrons. The summed E-state index contributed by atoms with van der Waals surface area (Å²) in [7, 11) is 0. The van der Waals surface area contributed by atoms with Gasteiger partial charge in [0, 0.05) is 0 Å². The highest BCUT2D eigenvalue weighted by Crippen LogP contribution is 1.97. The van der Waals surface area contributed by atoms with Gasteiger partial charge in [-0.1, -0.05) is 0 Å². The summed E-state index contributed by atoms with van der Waals surface area (Å²) in [5.41, 5.74) is 0.549. The monoisotopic (exact) mass is 110 g/mol. The number of nitrogens with one attached hydrogen (secondary N) is 1. The second kappa shape index (κ2) is 2.26. The largest absolute Gasteiger partial charge is 0.385 e. The average molecular weight is 110 g/mol. The van der Waals surface area contributed by atoms with Crippen molar-refractivity contribution in [2.24, 2.45) is 5.18 Å². The molecule has 0 fully saturated rings. The van der Waals surface area contributed by atoms with Crippen LogP contribution in [0.15, 0.2) is 29.2 Å². The normalized spacial score (nSPS) is 16.8. The van der Waals surface area contributed by atoms with Crippen molar-refractivity contribution in [1.29, 1.82) is 0 Å². The lowest BCUT2D eigenvalue weighted by molar-refractivity contribution is 0.905. The third kappa shape index (κ3) is 0.932. The summed E-state index contributed by atoms with van der Waals surface area (Å²) >= 11 is 0. The topological polar surface area (TPSA) is 41.5 Å². The molecule has 0 saturated heterocycles. The van der Waals surface area contributed by atoms with Crippen molar-refractivity contribution in [3.05, 3.63) is 29.0 Å². The van der Waals surface area contributed by atoms with Crippen molar-refractivity contribution in [1.82, 2.24) is 5.32 Å². The van der Waals surface area contributed by atoms with Gasteiger partial charge in [0.1, 0.15) is 5.70 Å². The van der Waals surface area contributed by atoms with Crippen molar-refractivity contribution in [2.45, 2.75) is 0 Å². The lowest BCUT2D eigenvalue weighted by atomic mass is 10.3. The van der Waals surface area contributed by atoms with Crippen LogP contribution in [0.3, 0.4) is 0 Å². The van der Waals surface area contributed by atoms with Crippen LogP contribution in [0.2, 0.25) is 0 Å². The first kappa shape index (κ1) is 5.03. The molecule has 0 unspecified atom stereocenters. The van der Waals surface area contributed by atoms with Crippen LogP contribution in [-0.2, 0) is 0 Å². The molecule has 0 aliphatic carbocycles. The molecule has 0 saturated carbocycles. The van der Waals surface area contributed by atoms with E-state index in [1.54, 1.807) is 18.4 Å². The van der Waals surface area contributed by atoms with E-state index in [-0.39, 0.29) is 0 Å². The van der Waals surface area contributed by atoms with E-state index in [9.17, 15) is 4.91 Å². The molecule has 1 aliphatic heterocycles. The fourth-order valence-corrected chi connectivity index (χ4v) is 0.512. The van der Waals surface area contributed by atoms with Gasteiger partial charge in [0.25, 0.3) is 0 Å². The van der Waals surface area contributed by atoms with Crippen molar-refractivity contribution >= 4 is 0 Å². The van der Waals surface area contributed by atoms with E-state index < -0.39 is 0 Å². The van der Waals surface area contributed by atoms with Gasteiger partial charge in [-0.2, -0.15) is 0 Å². The Bertz CT molecular complexity index is 149. The fraction of sp³-hybridized carbons (Fsp3) is 0.200. The van der Waals surface area contributed by atoms with E-state index in [1.165, 1.54) is 0 Å². The molecule has 1 heterocycles. The van der Waals surface area contributed by atoms with Gasteiger partial charge in [-0.3, -0.25) is 0 Å². The second-order valence-corrected chi connectivity index (χ2v) is 1.49. The van der Waals surface area contributed by atoms with E-state index in [1.807, 2.05) is 0 Å². The third-order valence-electron chi connectivity index (χ3n) is 0.903. The van der Waals surface area contributed by atoms with Gasteiger partial charge >= 0.3 is 0 Å². The van der Waals surface area contributed by atoms with Crippen LogP contribution in [0, 0.1) is 4.91 Å². The maximum Gasteiger partial charge on any atom is 0.104 e. The molecule has 0 spiro atoms. The summed E-state index contributed by atoms with van der Waals surface area (Å²) in [6.45, 7) is 0.556. The number of dihydropyridines is 1. The van der Waals surface area contributed by atoms with Crippen molar-refractivity contribution < 1.29 is 0 Å². The van der Waals surface area contributed by atoms with Crippen LogP contribution in [0.4, 0.5) is 0 Å². The lowest BCUT2D eigenvalue weighted by Crippen LogP contribution is -2.10. The molecule has 0 aromatic rings. The molecular weight excluding hydrogens is 104 g/mol. The molecule has 0 aromatic carbocycles. The summed E-state index contributed by atoms with van der Waals surface area (Å²) in [5.74, 6) is 0. The van der Waals surface area contributed by atoms with Gasteiger partial charge in [0.05, 0.1) is 6.54 Å². The van der Waals surface area contributed by atoms with Crippen LogP contribution >= 0.6 is 0 Å². The van der Waals surface area contributed by atoms with Crippen molar-refractivity contribution in [2.75, 3.05) is 6.54 Å². The van der Waals surface area contributed by atoms with Gasteiger partial charge < -0.3 is 5.32 Å². The predicted octanol–water partition coefficient (Wildman–Crippen LogP) is 0.754. The van der Waals surface area contributed by atoms with Crippen LogP contribution in [0.25, 0.3) is 0 Å². The summed E-state index contributed by atoms with van der Waals surface area (Å²) in [4.78, 5) is 9.77. The number of hydrogen-bond acceptors (Lipinski definition) is 3. The molecule has 0 bridgehead atoms. The van der Waals surface area contributed by atoms with Gasteiger partial charge in [0.15, 0.2) is 0 Å². The Balaban J connectivity index is 2.63. The predicted molar refractivity (Wildman–Crippen MR) is 31.0 cm³/mol. The Morgan fingerprint density at radius 1 is 1.75 bits per heavy atom. The Morgan fingerprint density at radius 3 is 3.00 bits per heavy atom. The zero-order valence-corrected chi connectivity index (χ0v) is 4.29. The maximum absolute atomic E-state index is 9.77. The number of rotatable bonds is 1. The molecule has 3 nitrogen and oxygen atoms in total. The fourth-order valence-electron chi connectivity index (χ4n) is 0.512. The Morgan fingerprint density at radius 2 is 2.62 bits per heavy atom. The Kier molecular flexibility index (Phi) is 1.42. The van der Waals surface area contributed by atoms with Gasteiger partial charge in [0.2, 0.25) is 0 Å². The number of hydrogen-bond donors (Lipinski definition) is 1. The van der Waals surface area contributed by atoms with Gasteiger partial charge in [-0.15, -0.1) is 4.91 Å². The Hall–Kier alpha value is -1.12. The SMILES string of the molecule is O=NC1=CC=CNC1. The van der Waals surface area contributed by atoms with Crippen LogP contribution in [-0.4, -0.2) is 6.54 Å². The van der Waals surface area contributed by atoms with E-state index in [0.29, 0.717) is 12.2 Å². The molecule has 0 amide bonds. The minimum Gasteiger partial charge on any atom is -0.385 e. The van der Waals surface area contributed by atoms with E-state index in [4.69, 9.17) is 0 Å². The molecule has 1 rings (SSSR count). The van der Waals surface area contributed by atoms with E-state index in [0.717, 1.165) is 0 Å². The smallest absolute Gasteiger partial charge is 0.104 e. The molecule has 1 N–H and O–H groups in total. The minimum atomic E-state index is 0.549.